The van der Waals surface area contributed by atoms with Gasteiger partial charge in [0.05, 0.1) is 6.20 Å². The summed E-state index contributed by atoms with van der Waals surface area (Å²) in [6, 6.07) is 17.4. The van der Waals surface area contributed by atoms with Crippen LogP contribution in [0.5, 0.6) is 11.5 Å². The lowest BCUT2D eigenvalue weighted by Crippen LogP contribution is -1.90. The van der Waals surface area contributed by atoms with E-state index >= 15 is 0 Å². The van der Waals surface area contributed by atoms with Gasteiger partial charge in [-0.2, -0.15) is 0 Å². The Morgan fingerprint density at radius 3 is 2.55 bits per heavy atom. The van der Waals surface area contributed by atoms with E-state index in [9.17, 15) is 0 Å². The average Bonchev–Trinajstić information content (AvgIpc) is 2.86. The van der Waals surface area contributed by atoms with E-state index in [0.29, 0.717) is 5.00 Å². The quantitative estimate of drug-likeness (QED) is 0.751. The van der Waals surface area contributed by atoms with Crippen molar-refractivity contribution in [1.82, 2.24) is 4.98 Å². The first-order chi connectivity index (χ1) is 9.79. The summed E-state index contributed by atoms with van der Waals surface area (Å²) in [5.41, 5.74) is 6.57. The van der Waals surface area contributed by atoms with Crippen LogP contribution in [0.3, 0.4) is 0 Å². The molecule has 1 heterocycles. The second-order valence-electron chi connectivity index (χ2n) is 4.14. The number of nitrogens with zero attached hydrogens (tertiary/aromatic N) is 1. The number of anilines is 3. The molecule has 0 aliphatic heterocycles. The van der Waals surface area contributed by atoms with Crippen molar-refractivity contribution in [2.45, 2.75) is 0 Å². The van der Waals surface area contributed by atoms with Crippen molar-refractivity contribution in [2.75, 3.05) is 11.1 Å². The first-order valence-electron chi connectivity index (χ1n) is 6.11. The summed E-state index contributed by atoms with van der Waals surface area (Å²) in [5.74, 6) is 1.58. The molecule has 0 saturated heterocycles. The molecule has 0 unspecified atom stereocenters. The molecule has 20 heavy (non-hydrogen) atoms. The van der Waals surface area contributed by atoms with Crippen LogP contribution in [0.25, 0.3) is 0 Å². The van der Waals surface area contributed by atoms with Gasteiger partial charge in [0.1, 0.15) is 16.5 Å². The molecule has 3 aromatic rings. The molecule has 0 atom stereocenters. The van der Waals surface area contributed by atoms with Gasteiger partial charge < -0.3 is 15.8 Å². The Hall–Kier alpha value is -2.53. The molecule has 0 saturated carbocycles. The zero-order chi connectivity index (χ0) is 13.8. The van der Waals surface area contributed by atoms with Crippen molar-refractivity contribution in [1.29, 1.82) is 0 Å². The maximum Gasteiger partial charge on any atom is 0.189 e. The van der Waals surface area contributed by atoms with Crippen LogP contribution < -0.4 is 15.8 Å². The van der Waals surface area contributed by atoms with Gasteiger partial charge in [0.15, 0.2) is 5.13 Å². The monoisotopic (exact) mass is 283 g/mol. The second-order valence-corrected chi connectivity index (χ2v) is 5.20. The van der Waals surface area contributed by atoms with Gasteiger partial charge in [0.2, 0.25) is 0 Å². The molecular formula is C15H13N3OS. The number of hydrogen-bond acceptors (Lipinski definition) is 5. The maximum atomic E-state index is 5.78. The Balaban J connectivity index is 1.76. The molecule has 100 valence electrons. The van der Waals surface area contributed by atoms with Gasteiger partial charge in [0.25, 0.3) is 0 Å². The number of rotatable bonds is 4. The van der Waals surface area contributed by atoms with Gasteiger partial charge in [0, 0.05) is 11.8 Å². The predicted octanol–water partition coefficient (Wildman–Crippen LogP) is 4.26. The van der Waals surface area contributed by atoms with E-state index in [1.54, 1.807) is 6.20 Å². The standard InChI is InChI=1S/C15H13N3OS/c16-14-10-17-15(20-14)18-11-5-4-8-13(9-11)19-12-6-2-1-3-7-12/h1-10H,16H2,(H,17,18). The number of hydrogen-bond donors (Lipinski definition) is 2. The highest BCUT2D eigenvalue weighted by atomic mass is 32.1. The van der Waals surface area contributed by atoms with E-state index in [0.717, 1.165) is 22.3 Å². The fraction of sp³-hybridized carbons (Fsp3) is 0. The zero-order valence-electron chi connectivity index (χ0n) is 10.6. The van der Waals surface area contributed by atoms with E-state index < -0.39 is 0 Å². The molecule has 1 aromatic heterocycles. The Morgan fingerprint density at radius 1 is 1.00 bits per heavy atom. The average molecular weight is 283 g/mol. The summed E-state index contributed by atoms with van der Waals surface area (Å²) in [7, 11) is 0. The normalized spacial score (nSPS) is 10.2. The van der Waals surface area contributed by atoms with Gasteiger partial charge in [-0.15, -0.1) is 0 Å². The molecule has 2 aromatic carbocycles. The molecule has 0 spiro atoms. The third kappa shape index (κ3) is 3.07. The zero-order valence-corrected chi connectivity index (χ0v) is 11.4. The topological polar surface area (TPSA) is 60.2 Å². The highest BCUT2D eigenvalue weighted by Crippen LogP contribution is 2.28. The number of nitrogen functional groups attached to an aromatic ring is 1. The summed E-state index contributed by atoms with van der Waals surface area (Å²) in [6.45, 7) is 0. The molecule has 5 heteroatoms. The van der Waals surface area contributed by atoms with Crippen LogP contribution in [0.1, 0.15) is 0 Å². The molecule has 0 amide bonds. The number of nitrogens with two attached hydrogens (primary N) is 1. The summed E-state index contributed by atoms with van der Waals surface area (Å²) < 4.78 is 5.78. The van der Waals surface area contributed by atoms with Crippen LogP contribution in [-0.2, 0) is 0 Å². The van der Waals surface area contributed by atoms with Crippen molar-refractivity contribution >= 4 is 27.2 Å². The number of ether oxygens (including phenoxy) is 1. The van der Waals surface area contributed by atoms with Gasteiger partial charge >= 0.3 is 0 Å². The van der Waals surface area contributed by atoms with E-state index in [4.69, 9.17) is 10.5 Å². The lowest BCUT2D eigenvalue weighted by molar-refractivity contribution is 0.483. The van der Waals surface area contributed by atoms with Crippen LogP contribution in [-0.4, -0.2) is 4.98 Å². The second kappa shape index (κ2) is 5.63. The van der Waals surface area contributed by atoms with E-state index in [-0.39, 0.29) is 0 Å². The number of nitrogens with one attached hydrogen (secondary N) is 1. The van der Waals surface area contributed by atoms with Crippen molar-refractivity contribution in [3.8, 4) is 11.5 Å². The minimum Gasteiger partial charge on any atom is -0.457 e. The summed E-state index contributed by atoms with van der Waals surface area (Å²) >= 11 is 1.41. The Kier molecular flexibility index (Phi) is 3.52. The molecule has 3 N–H and O–H groups in total. The number of thiazole rings is 1. The third-order valence-corrected chi connectivity index (χ3v) is 3.33. The van der Waals surface area contributed by atoms with E-state index in [2.05, 4.69) is 10.3 Å². The van der Waals surface area contributed by atoms with Crippen molar-refractivity contribution in [3.05, 3.63) is 60.8 Å². The maximum absolute atomic E-state index is 5.78. The number of aromatic nitrogens is 1. The highest BCUT2D eigenvalue weighted by molar-refractivity contribution is 7.19. The molecule has 3 rings (SSSR count). The van der Waals surface area contributed by atoms with Crippen LogP contribution >= 0.6 is 11.3 Å². The predicted molar refractivity (Wildman–Crippen MR) is 82.8 cm³/mol. The summed E-state index contributed by atoms with van der Waals surface area (Å²) in [5, 5.41) is 4.65. The SMILES string of the molecule is Nc1cnc(Nc2cccc(Oc3ccccc3)c2)s1. The van der Waals surface area contributed by atoms with Crippen molar-refractivity contribution in [2.24, 2.45) is 0 Å². The molecule has 0 aliphatic carbocycles. The largest absolute Gasteiger partial charge is 0.457 e. The number of benzene rings is 2. The Morgan fingerprint density at radius 2 is 1.80 bits per heavy atom. The molecule has 0 fully saturated rings. The van der Waals surface area contributed by atoms with Gasteiger partial charge in [-0.05, 0) is 24.3 Å². The van der Waals surface area contributed by atoms with Crippen LogP contribution in [0.4, 0.5) is 15.8 Å². The fourth-order valence-corrected chi connectivity index (χ4v) is 2.33. The van der Waals surface area contributed by atoms with Crippen LogP contribution in [0.15, 0.2) is 60.8 Å². The van der Waals surface area contributed by atoms with Gasteiger partial charge in [-0.25, -0.2) is 4.98 Å². The van der Waals surface area contributed by atoms with E-state index in [1.807, 2.05) is 54.6 Å². The minimum absolute atomic E-state index is 0.684. The smallest absolute Gasteiger partial charge is 0.189 e. The van der Waals surface area contributed by atoms with Gasteiger partial charge in [-0.1, -0.05) is 35.6 Å². The lowest BCUT2D eigenvalue weighted by Gasteiger charge is -2.08. The Bertz CT molecular complexity index is 697. The van der Waals surface area contributed by atoms with Crippen LogP contribution in [0, 0.1) is 0 Å². The molecule has 4 nitrogen and oxygen atoms in total. The van der Waals surface area contributed by atoms with Crippen molar-refractivity contribution < 1.29 is 4.74 Å². The first kappa shape index (κ1) is 12.5. The molecular weight excluding hydrogens is 270 g/mol. The molecule has 0 aliphatic rings. The Labute approximate surface area is 120 Å². The number of para-hydroxylation sites is 1. The highest BCUT2D eigenvalue weighted by Gasteiger charge is 2.02. The fourth-order valence-electron chi connectivity index (χ4n) is 1.73. The minimum atomic E-state index is 0.684. The summed E-state index contributed by atoms with van der Waals surface area (Å²) in [4.78, 5) is 4.17. The van der Waals surface area contributed by atoms with Gasteiger partial charge in [-0.3, -0.25) is 0 Å². The van der Waals surface area contributed by atoms with E-state index in [1.165, 1.54) is 11.3 Å². The third-order valence-electron chi connectivity index (χ3n) is 2.59. The summed E-state index contributed by atoms with van der Waals surface area (Å²) in [6.07, 6.45) is 1.64. The first-order valence-corrected chi connectivity index (χ1v) is 6.92. The van der Waals surface area contributed by atoms with Crippen molar-refractivity contribution in [3.63, 3.8) is 0 Å². The lowest BCUT2D eigenvalue weighted by atomic mass is 10.3. The molecule has 0 radical (unpaired) electrons. The molecule has 0 bridgehead atoms. The van der Waals surface area contributed by atoms with Crippen LogP contribution in [0.2, 0.25) is 0 Å².